The van der Waals surface area contributed by atoms with E-state index in [2.05, 4.69) is 0 Å². The summed E-state index contributed by atoms with van der Waals surface area (Å²) in [5.74, 6) is -4.06. The predicted molar refractivity (Wildman–Crippen MR) is 162 cm³/mol. The molecule has 4 N–H and O–H groups in total. The van der Waals surface area contributed by atoms with E-state index in [0.29, 0.717) is 38.5 Å². The maximum absolute atomic E-state index is 14.3. The summed E-state index contributed by atoms with van der Waals surface area (Å²) >= 11 is 0. The van der Waals surface area contributed by atoms with Gasteiger partial charge in [-0.15, -0.1) is 0 Å². The van der Waals surface area contributed by atoms with Crippen LogP contribution in [0.3, 0.4) is 0 Å². The number of aromatic hydroxyl groups is 2. The zero-order valence-electron chi connectivity index (χ0n) is 23.6. The summed E-state index contributed by atoms with van der Waals surface area (Å²) in [6, 6.07) is 23.6. The molecule has 0 heterocycles. The van der Waals surface area contributed by atoms with Gasteiger partial charge in [0, 0.05) is 0 Å². The normalized spacial score (nSPS) is 11.3. The molecule has 0 aliphatic heterocycles. The predicted octanol–water partition coefficient (Wildman–Crippen LogP) is 6.46. The molecule has 0 unspecified atom stereocenters. The third kappa shape index (κ3) is 7.42. The second kappa shape index (κ2) is 14.0. The van der Waals surface area contributed by atoms with Crippen LogP contribution in [-0.2, 0) is 35.5 Å². The Balaban J connectivity index is 1.72. The lowest BCUT2D eigenvalue weighted by molar-refractivity contribution is 0.0684. The van der Waals surface area contributed by atoms with Crippen LogP contribution in [0.4, 0.5) is 0 Å². The zero-order chi connectivity index (χ0) is 31.0. The van der Waals surface area contributed by atoms with E-state index >= 15 is 0 Å². The minimum atomic E-state index is -4.78. The van der Waals surface area contributed by atoms with Gasteiger partial charge >= 0.3 is 11.9 Å². The standard InChI is InChI=1S/C34H34O8S/c35-29-21-19-27(33(37)38)25(17-9-7-15-23-11-3-1-4-12-23)31(29)43(41,42)32-26(28(34(39)40)20-22-30(32)36)18-10-8-16-24-13-5-2-6-14-24/h1-6,11-14,19-22,35-36H,7-10,15-18H2,(H,37,38)(H,39,40). The van der Waals surface area contributed by atoms with Gasteiger partial charge < -0.3 is 20.4 Å². The second-order valence-corrected chi connectivity index (χ2v) is 12.2. The molecule has 0 saturated heterocycles. The van der Waals surface area contributed by atoms with E-state index in [1.54, 1.807) is 0 Å². The van der Waals surface area contributed by atoms with Crippen LogP contribution in [0.5, 0.6) is 11.5 Å². The number of hydrogen-bond donors (Lipinski definition) is 4. The van der Waals surface area contributed by atoms with Crippen molar-refractivity contribution in [3.8, 4) is 11.5 Å². The summed E-state index contributed by atoms with van der Waals surface area (Å²) < 4.78 is 28.5. The Morgan fingerprint density at radius 2 is 0.860 bits per heavy atom. The maximum Gasteiger partial charge on any atom is 0.336 e. The van der Waals surface area contributed by atoms with Crippen LogP contribution in [-0.4, -0.2) is 40.8 Å². The number of carboxylic acids is 2. The molecule has 0 fully saturated rings. The minimum absolute atomic E-state index is 0.0310. The first-order valence-electron chi connectivity index (χ1n) is 14.1. The van der Waals surface area contributed by atoms with Gasteiger partial charge in [0.2, 0.25) is 9.84 Å². The van der Waals surface area contributed by atoms with Crippen LogP contribution in [0.25, 0.3) is 0 Å². The number of benzene rings is 4. The van der Waals surface area contributed by atoms with E-state index in [-0.39, 0.29) is 35.1 Å². The van der Waals surface area contributed by atoms with Crippen molar-refractivity contribution in [3.05, 3.63) is 118 Å². The lowest BCUT2D eigenvalue weighted by atomic mass is 9.99. The largest absolute Gasteiger partial charge is 0.507 e. The monoisotopic (exact) mass is 602 g/mol. The number of aromatic carboxylic acids is 2. The fourth-order valence-corrected chi connectivity index (χ4v) is 7.34. The molecule has 224 valence electrons. The van der Waals surface area contributed by atoms with Crippen molar-refractivity contribution >= 4 is 21.8 Å². The van der Waals surface area contributed by atoms with Gasteiger partial charge in [-0.1, -0.05) is 60.7 Å². The van der Waals surface area contributed by atoms with E-state index in [1.165, 1.54) is 0 Å². The Kier molecular flexibility index (Phi) is 10.2. The molecule has 0 saturated carbocycles. The van der Waals surface area contributed by atoms with Crippen molar-refractivity contribution in [1.29, 1.82) is 0 Å². The molecule has 0 aliphatic rings. The number of phenolic OH excluding ortho intramolecular Hbond substituents is 2. The Labute approximate surface area is 250 Å². The maximum atomic E-state index is 14.3. The molecule has 4 aromatic rings. The Morgan fingerprint density at radius 1 is 0.512 bits per heavy atom. The average Bonchev–Trinajstić information content (AvgIpc) is 2.98. The van der Waals surface area contributed by atoms with Crippen LogP contribution in [0, 0.1) is 0 Å². The van der Waals surface area contributed by atoms with Crippen molar-refractivity contribution < 1.29 is 38.4 Å². The lowest BCUT2D eigenvalue weighted by Gasteiger charge is -2.19. The smallest absolute Gasteiger partial charge is 0.336 e. The fraction of sp³-hybridized carbons (Fsp3) is 0.235. The molecule has 8 nitrogen and oxygen atoms in total. The number of unbranched alkanes of at least 4 members (excludes halogenated alkanes) is 2. The van der Waals surface area contributed by atoms with Crippen LogP contribution in [0.1, 0.15) is 68.7 Å². The summed E-state index contributed by atoms with van der Waals surface area (Å²) in [5.41, 5.74) is 1.42. The molecule has 43 heavy (non-hydrogen) atoms. The highest BCUT2D eigenvalue weighted by Gasteiger charge is 2.34. The van der Waals surface area contributed by atoms with Crippen molar-refractivity contribution in [2.45, 2.75) is 61.2 Å². The van der Waals surface area contributed by atoms with E-state index < -0.39 is 43.1 Å². The van der Waals surface area contributed by atoms with Gasteiger partial charge in [0.1, 0.15) is 21.3 Å². The number of sulfone groups is 1. The number of rotatable bonds is 14. The van der Waals surface area contributed by atoms with Gasteiger partial charge in [-0.25, -0.2) is 18.0 Å². The molecule has 4 rings (SSSR count). The molecule has 4 aromatic carbocycles. The van der Waals surface area contributed by atoms with E-state index in [9.17, 15) is 38.4 Å². The second-order valence-electron chi connectivity index (χ2n) is 10.4. The van der Waals surface area contributed by atoms with E-state index in [0.717, 1.165) is 35.4 Å². The molecule has 0 bridgehead atoms. The van der Waals surface area contributed by atoms with Gasteiger partial charge in [0.25, 0.3) is 0 Å². The highest BCUT2D eigenvalue weighted by atomic mass is 32.2. The summed E-state index contributed by atoms with van der Waals surface area (Å²) in [6.07, 6.45) is 3.56. The van der Waals surface area contributed by atoms with Gasteiger partial charge in [0.15, 0.2) is 0 Å². The van der Waals surface area contributed by atoms with Crippen molar-refractivity contribution in [2.75, 3.05) is 0 Å². The van der Waals surface area contributed by atoms with E-state index in [1.807, 2.05) is 60.7 Å². The molecule has 0 radical (unpaired) electrons. The fourth-order valence-electron chi connectivity index (χ4n) is 5.38. The lowest BCUT2D eigenvalue weighted by Crippen LogP contribution is -2.15. The third-order valence-electron chi connectivity index (χ3n) is 7.45. The van der Waals surface area contributed by atoms with Crippen LogP contribution in [0.15, 0.2) is 94.7 Å². The van der Waals surface area contributed by atoms with Crippen LogP contribution >= 0.6 is 0 Å². The first-order valence-corrected chi connectivity index (χ1v) is 15.6. The molecule has 0 amide bonds. The summed E-state index contributed by atoms with van der Waals surface area (Å²) in [4.78, 5) is 23.1. The number of aryl methyl sites for hydroxylation is 2. The zero-order valence-corrected chi connectivity index (χ0v) is 24.4. The average molecular weight is 603 g/mol. The molecule has 0 spiro atoms. The summed E-state index contributed by atoms with van der Waals surface area (Å²) in [7, 11) is -4.78. The number of phenols is 2. The highest BCUT2D eigenvalue weighted by Crippen LogP contribution is 2.41. The molecular formula is C34H34O8S. The van der Waals surface area contributed by atoms with Crippen LogP contribution in [0.2, 0.25) is 0 Å². The number of carbonyl (C=O) groups is 2. The van der Waals surface area contributed by atoms with Crippen molar-refractivity contribution in [1.82, 2.24) is 0 Å². The van der Waals surface area contributed by atoms with Gasteiger partial charge in [0.05, 0.1) is 11.1 Å². The molecule has 0 atom stereocenters. The van der Waals surface area contributed by atoms with Gasteiger partial charge in [-0.3, -0.25) is 0 Å². The van der Waals surface area contributed by atoms with Gasteiger partial charge in [-0.05, 0) is 97.9 Å². The number of hydrogen-bond acceptors (Lipinski definition) is 6. The Hall–Kier alpha value is -4.63. The third-order valence-corrected chi connectivity index (χ3v) is 9.43. The SMILES string of the molecule is O=C(O)c1ccc(O)c(S(=O)(=O)c2c(O)ccc(C(=O)O)c2CCCCc2ccccc2)c1CCCCc1ccccc1. The molecule has 0 aliphatic carbocycles. The molecular weight excluding hydrogens is 568 g/mol. The minimum Gasteiger partial charge on any atom is -0.507 e. The topological polar surface area (TPSA) is 149 Å². The van der Waals surface area contributed by atoms with Crippen molar-refractivity contribution in [3.63, 3.8) is 0 Å². The van der Waals surface area contributed by atoms with Gasteiger partial charge in [-0.2, -0.15) is 0 Å². The Morgan fingerprint density at radius 3 is 1.21 bits per heavy atom. The highest BCUT2D eigenvalue weighted by molar-refractivity contribution is 7.91. The summed E-state index contributed by atoms with van der Waals surface area (Å²) in [5, 5.41) is 41.5. The Bertz CT molecular complexity index is 1580. The first kappa shape index (κ1) is 31.3. The first-order chi connectivity index (χ1) is 20.6. The quantitative estimate of drug-likeness (QED) is 0.120. The van der Waals surface area contributed by atoms with E-state index in [4.69, 9.17) is 0 Å². The summed E-state index contributed by atoms with van der Waals surface area (Å²) in [6.45, 7) is 0. The molecule has 9 heteroatoms. The molecule has 0 aromatic heterocycles. The van der Waals surface area contributed by atoms with Crippen LogP contribution < -0.4 is 0 Å². The number of carboxylic acid groups (broad SMARTS) is 2. The van der Waals surface area contributed by atoms with Crippen molar-refractivity contribution in [2.24, 2.45) is 0 Å².